The van der Waals surface area contributed by atoms with Crippen molar-refractivity contribution in [2.45, 2.75) is 0 Å². The second-order valence-electron chi connectivity index (χ2n) is 7.43. The molecule has 1 amide bonds. The predicted octanol–water partition coefficient (Wildman–Crippen LogP) is 2.64. The van der Waals surface area contributed by atoms with Gasteiger partial charge in [-0.15, -0.1) is 0 Å². The molecule has 0 atom stereocenters. The Balaban J connectivity index is 1.76. The van der Waals surface area contributed by atoms with E-state index in [1.54, 1.807) is 58.5 Å². The van der Waals surface area contributed by atoms with Gasteiger partial charge in [0.15, 0.2) is 0 Å². The Morgan fingerprint density at radius 3 is 2.61 bits per heavy atom. The van der Waals surface area contributed by atoms with Gasteiger partial charge in [-0.05, 0) is 35.7 Å². The molecule has 3 aromatic heterocycles. The first-order valence-corrected chi connectivity index (χ1v) is 9.79. The third kappa shape index (κ3) is 2.92. The van der Waals surface area contributed by atoms with Crippen LogP contribution in [0.4, 0.5) is 0 Å². The first-order valence-electron chi connectivity index (χ1n) is 9.79. The molecule has 0 fully saturated rings. The third-order valence-electron chi connectivity index (χ3n) is 5.53. The minimum Gasteiger partial charge on any atom is -0.355 e. The van der Waals surface area contributed by atoms with Crippen molar-refractivity contribution in [2.24, 2.45) is 14.1 Å². The monoisotopic (exact) mass is 412 g/mol. The van der Waals surface area contributed by atoms with Crippen molar-refractivity contribution in [3.05, 3.63) is 77.1 Å². The molecule has 5 rings (SSSR count). The summed E-state index contributed by atoms with van der Waals surface area (Å²) in [5.41, 5.74) is 4.16. The second-order valence-corrected chi connectivity index (χ2v) is 7.43. The molecule has 154 valence electrons. The fourth-order valence-electron chi connectivity index (χ4n) is 3.92. The average Bonchev–Trinajstić information content (AvgIpc) is 3.33. The molecule has 0 aliphatic carbocycles. The summed E-state index contributed by atoms with van der Waals surface area (Å²) < 4.78 is 4.95. The van der Waals surface area contributed by atoms with Gasteiger partial charge in [-0.1, -0.05) is 12.1 Å². The minimum absolute atomic E-state index is 0.187. The lowest BCUT2D eigenvalue weighted by molar-refractivity contribution is 0.0963. The van der Waals surface area contributed by atoms with Crippen LogP contribution in [-0.4, -0.2) is 36.9 Å². The number of carbonyl (C=O) groups excluding carboxylic acids is 1. The van der Waals surface area contributed by atoms with E-state index < -0.39 is 0 Å². The number of carbonyl (C=O) groups is 1. The molecular formula is C23H20N6O2. The SMILES string of the molecule is CNC(=O)c1ccc2c(c1)n(-c1cccc3cc(-c4cnn(C)c4)ncc13)c(=O)n2C. The van der Waals surface area contributed by atoms with E-state index in [1.165, 1.54) is 0 Å². The molecule has 3 heterocycles. The first kappa shape index (κ1) is 18.8. The molecule has 0 bridgehead atoms. The number of amides is 1. The summed E-state index contributed by atoms with van der Waals surface area (Å²) in [5, 5.41) is 8.64. The molecule has 31 heavy (non-hydrogen) atoms. The van der Waals surface area contributed by atoms with Gasteiger partial charge in [-0.3, -0.25) is 23.6 Å². The van der Waals surface area contributed by atoms with Gasteiger partial charge >= 0.3 is 5.69 Å². The molecule has 0 radical (unpaired) electrons. The van der Waals surface area contributed by atoms with Crippen molar-refractivity contribution in [3.8, 4) is 16.9 Å². The lowest BCUT2D eigenvalue weighted by Gasteiger charge is -2.09. The molecule has 0 saturated carbocycles. The van der Waals surface area contributed by atoms with Gasteiger partial charge in [-0.2, -0.15) is 5.10 Å². The van der Waals surface area contributed by atoms with Crippen LogP contribution in [0.3, 0.4) is 0 Å². The number of hydrogen-bond donors (Lipinski definition) is 1. The minimum atomic E-state index is -0.203. The smallest absolute Gasteiger partial charge is 0.333 e. The number of rotatable bonds is 3. The van der Waals surface area contributed by atoms with Gasteiger partial charge in [0.1, 0.15) is 0 Å². The van der Waals surface area contributed by atoms with Crippen LogP contribution in [-0.2, 0) is 14.1 Å². The van der Waals surface area contributed by atoms with E-state index in [9.17, 15) is 9.59 Å². The van der Waals surface area contributed by atoms with Crippen LogP contribution < -0.4 is 11.0 Å². The molecule has 0 aliphatic heterocycles. The average molecular weight is 412 g/mol. The topological polar surface area (TPSA) is 86.7 Å². The Morgan fingerprint density at radius 1 is 1.03 bits per heavy atom. The molecule has 1 N–H and O–H groups in total. The molecule has 0 aliphatic rings. The summed E-state index contributed by atoms with van der Waals surface area (Å²) in [7, 11) is 5.17. The van der Waals surface area contributed by atoms with E-state index in [0.717, 1.165) is 27.5 Å². The molecule has 0 saturated heterocycles. The van der Waals surface area contributed by atoms with Crippen LogP contribution in [0.5, 0.6) is 0 Å². The molecule has 0 unspecified atom stereocenters. The summed E-state index contributed by atoms with van der Waals surface area (Å²) >= 11 is 0. The van der Waals surface area contributed by atoms with Crippen molar-refractivity contribution in [2.75, 3.05) is 7.05 Å². The Hall–Kier alpha value is -4.20. The maximum Gasteiger partial charge on any atom is 0.333 e. The maximum absolute atomic E-state index is 13.2. The van der Waals surface area contributed by atoms with Crippen LogP contribution >= 0.6 is 0 Å². The number of imidazole rings is 1. The normalized spacial score (nSPS) is 11.3. The van der Waals surface area contributed by atoms with E-state index in [1.807, 2.05) is 37.5 Å². The van der Waals surface area contributed by atoms with Gasteiger partial charge in [-0.25, -0.2) is 4.79 Å². The molecule has 0 spiro atoms. The molecular weight excluding hydrogens is 392 g/mol. The fourth-order valence-corrected chi connectivity index (χ4v) is 3.92. The fraction of sp³-hybridized carbons (Fsp3) is 0.130. The number of aromatic nitrogens is 5. The number of nitrogens with zero attached hydrogens (tertiary/aromatic N) is 5. The van der Waals surface area contributed by atoms with E-state index in [4.69, 9.17) is 0 Å². The quantitative estimate of drug-likeness (QED) is 0.494. The summed E-state index contributed by atoms with van der Waals surface area (Å²) in [6, 6.07) is 13.0. The van der Waals surface area contributed by atoms with Crippen LogP contribution in [0.1, 0.15) is 10.4 Å². The number of aryl methyl sites for hydroxylation is 2. The Bertz CT molecular complexity index is 1540. The first-order chi connectivity index (χ1) is 15.0. The van der Waals surface area contributed by atoms with E-state index in [2.05, 4.69) is 15.4 Å². The van der Waals surface area contributed by atoms with Gasteiger partial charge < -0.3 is 5.32 Å². The van der Waals surface area contributed by atoms with E-state index in [0.29, 0.717) is 16.8 Å². The zero-order valence-electron chi connectivity index (χ0n) is 17.3. The van der Waals surface area contributed by atoms with Gasteiger partial charge in [0, 0.05) is 50.0 Å². The number of fused-ring (bicyclic) bond motifs is 2. The zero-order chi connectivity index (χ0) is 21.7. The second kappa shape index (κ2) is 6.94. The number of benzene rings is 2. The third-order valence-corrected chi connectivity index (χ3v) is 5.53. The highest BCUT2D eigenvalue weighted by Crippen LogP contribution is 2.28. The van der Waals surface area contributed by atoms with Crippen LogP contribution in [0, 0.1) is 0 Å². The number of pyridine rings is 1. The maximum atomic E-state index is 13.2. The molecule has 8 nitrogen and oxygen atoms in total. The summed E-state index contributed by atoms with van der Waals surface area (Å²) in [5.74, 6) is -0.203. The van der Waals surface area contributed by atoms with Gasteiger partial charge in [0.25, 0.3) is 5.91 Å². The van der Waals surface area contributed by atoms with E-state index >= 15 is 0 Å². The van der Waals surface area contributed by atoms with E-state index in [-0.39, 0.29) is 11.6 Å². The Morgan fingerprint density at radius 2 is 1.87 bits per heavy atom. The van der Waals surface area contributed by atoms with Crippen LogP contribution in [0.25, 0.3) is 38.8 Å². The van der Waals surface area contributed by atoms with Crippen LogP contribution in [0.15, 0.2) is 65.8 Å². The highest BCUT2D eigenvalue weighted by Gasteiger charge is 2.17. The largest absolute Gasteiger partial charge is 0.355 e. The summed E-state index contributed by atoms with van der Waals surface area (Å²) in [6.07, 6.45) is 5.46. The standard InChI is InChI=1S/C23H20N6O2/c1-24-22(30)15-7-8-20-21(10-15)29(23(31)28(20)3)19-6-4-5-14-9-18(25-12-17(14)19)16-11-26-27(2)13-16/h4-13H,1-3H3,(H,24,30). The Labute approximate surface area is 177 Å². The summed E-state index contributed by atoms with van der Waals surface area (Å²) in [6.45, 7) is 0. The van der Waals surface area contributed by atoms with Crippen molar-refractivity contribution in [1.82, 2.24) is 29.2 Å². The molecule has 2 aromatic carbocycles. The molecule has 5 aromatic rings. The van der Waals surface area contributed by atoms with Crippen molar-refractivity contribution >= 4 is 27.7 Å². The van der Waals surface area contributed by atoms with Crippen molar-refractivity contribution < 1.29 is 4.79 Å². The van der Waals surface area contributed by atoms with Crippen LogP contribution in [0.2, 0.25) is 0 Å². The van der Waals surface area contributed by atoms with Gasteiger partial charge in [0.05, 0.1) is 28.6 Å². The number of nitrogens with one attached hydrogen (secondary N) is 1. The Kier molecular flexibility index (Phi) is 4.21. The summed E-state index contributed by atoms with van der Waals surface area (Å²) in [4.78, 5) is 29.9. The van der Waals surface area contributed by atoms with Crippen molar-refractivity contribution in [3.63, 3.8) is 0 Å². The predicted molar refractivity (Wildman–Crippen MR) is 119 cm³/mol. The van der Waals surface area contributed by atoms with Crippen molar-refractivity contribution in [1.29, 1.82) is 0 Å². The lowest BCUT2D eigenvalue weighted by atomic mass is 10.1. The highest BCUT2D eigenvalue weighted by molar-refractivity contribution is 5.98. The zero-order valence-corrected chi connectivity index (χ0v) is 17.3. The molecule has 8 heteroatoms. The van der Waals surface area contributed by atoms with Gasteiger partial charge in [0.2, 0.25) is 0 Å². The lowest BCUT2D eigenvalue weighted by Crippen LogP contribution is -2.21. The highest BCUT2D eigenvalue weighted by atomic mass is 16.2. The number of hydrogen-bond acceptors (Lipinski definition) is 4.